The van der Waals surface area contributed by atoms with Crippen LogP contribution in [-0.2, 0) is 11.3 Å². The van der Waals surface area contributed by atoms with Crippen LogP contribution in [0.15, 0.2) is 48.5 Å². The van der Waals surface area contributed by atoms with Crippen LogP contribution in [0.2, 0.25) is 0 Å². The van der Waals surface area contributed by atoms with Gasteiger partial charge in [-0.05, 0) is 35.9 Å². The molecule has 0 fully saturated rings. The predicted octanol–water partition coefficient (Wildman–Crippen LogP) is 2.33. The monoisotopic (exact) mass is 243 g/mol. The first kappa shape index (κ1) is 12.0. The van der Waals surface area contributed by atoms with Crippen LogP contribution in [0.25, 0.3) is 0 Å². The number of aromatic hydroxyl groups is 1. The molecule has 3 N–H and O–H groups in total. The van der Waals surface area contributed by atoms with Crippen LogP contribution < -0.4 is 5.73 Å². The van der Waals surface area contributed by atoms with E-state index in [1.54, 1.807) is 48.5 Å². The van der Waals surface area contributed by atoms with E-state index in [2.05, 4.69) is 0 Å². The standard InChI is InChI=1S/C14H13NO3/c15-12-5-2-4-11(8-12)14(17)18-9-10-3-1-6-13(16)7-10/h1-8,16H,9,15H2. The third kappa shape index (κ3) is 3.01. The molecule has 18 heavy (non-hydrogen) atoms. The molecule has 4 heteroatoms. The minimum atomic E-state index is -0.439. The molecule has 0 spiro atoms. The van der Waals surface area contributed by atoms with Crippen molar-refractivity contribution >= 4 is 11.7 Å². The molecular formula is C14H13NO3. The van der Waals surface area contributed by atoms with Crippen LogP contribution >= 0.6 is 0 Å². The van der Waals surface area contributed by atoms with Gasteiger partial charge in [0.15, 0.2) is 0 Å². The highest BCUT2D eigenvalue weighted by Crippen LogP contribution is 2.13. The minimum absolute atomic E-state index is 0.113. The lowest BCUT2D eigenvalue weighted by molar-refractivity contribution is 0.0472. The van der Waals surface area contributed by atoms with Gasteiger partial charge in [0.1, 0.15) is 12.4 Å². The fourth-order valence-electron chi connectivity index (χ4n) is 1.54. The molecule has 0 aliphatic carbocycles. The largest absolute Gasteiger partial charge is 0.508 e. The van der Waals surface area contributed by atoms with Crippen LogP contribution in [0.4, 0.5) is 5.69 Å². The first-order valence-corrected chi connectivity index (χ1v) is 5.46. The van der Waals surface area contributed by atoms with Crippen LogP contribution in [0.3, 0.4) is 0 Å². The number of nitrogens with two attached hydrogens (primary N) is 1. The quantitative estimate of drug-likeness (QED) is 0.641. The fourth-order valence-corrected chi connectivity index (χ4v) is 1.54. The Morgan fingerprint density at radius 3 is 2.67 bits per heavy atom. The van der Waals surface area contributed by atoms with E-state index < -0.39 is 5.97 Å². The number of phenols is 1. The smallest absolute Gasteiger partial charge is 0.338 e. The van der Waals surface area contributed by atoms with E-state index in [0.717, 1.165) is 5.56 Å². The number of hydrogen-bond acceptors (Lipinski definition) is 4. The average molecular weight is 243 g/mol. The highest BCUT2D eigenvalue weighted by atomic mass is 16.5. The topological polar surface area (TPSA) is 72.6 Å². The molecule has 0 aliphatic rings. The number of nitrogen functional groups attached to an aromatic ring is 1. The van der Waals surface area contributed by atoms with Gasteiger partial charge in [-0.2, -0.15) is 0 Å². The second-order valence-electron chi connectivity index (χ2n) is 3.87. The molecule has 0 bridgehead atoms. The van der Waals surface area contributed by atoms with Crippen molar-refractivity contribution < 1.29 is 14.6 Å². The number of carbonyl (C=O) groups excluding carboxylic acids is 1. The summed E-state index contributed by atoms with van der Waals surface area (Å²) < 4.78 is 5.12. The number of ether oxygens (including phenoxy) is 1. The Balaban J connectivity index is 2.00. The number of hydrogen-bond donors (Lipinski definition) is 2. The summed E-state index contributed by atoms with van der Waals surface area (Å²) in [5.74, 6) is -0.293. The molecule has 2 aromatic carbocycles. The summed E-state index contributed by atoms with van der Waals surface area (Å²) in [6.07, 6.45) is 0. The first-order chi connectivity index (χ1) is 8.65. The van der Waals surface area contributed by atoms with Crippen molar-refractivity contribution in [1.29, 1.82) is 0 Å². The maximum Gasteiger partial charge on any atom is 0.338 e. The van der Waals surface area contributed by atoms with Gasteiger partial charge in [-0.15, -0.1) is 0 Å². The van der Waals surface area contributed by atoms with Gasteiger partial charge < -0.3 is 15.6 Å². The Hall–Kier alpha value is -2.49. The molecule has 0 amide bonds. The SMILES string of the molecule is Nc1cccc(C(=O)OCc2cccc(O)c2)c1. The second kappa shape index (κ2) is 5.23. The summed E-state index contributed by atoms with van der Waals surface area (Å²) in [4.78, 5) is 11.7. The van der Waals surface area contributed by atoms with Crippen LogP contribution in [0.1, 0.15) is 15.9 Å². The van der Waals surface area contributed by atoms with Gasteiger partial charge in [0, 0.05) is 5.69 Å². The summed E-state index contributed by atoms with van der Waals surface area (Å²) in [6.45, 7) is 0.113. The molecule has 0 saturated heterocycles. The fraction of sp³-hybridized carbons (Fsp3) is 0.0714. The minimum Gasteiger partial charge on any atom is -0.508 e. The van der Waals surface area contributed by atoms with E-state index >= 15 is 0 Å². The van der Waals surface area contributed by atoms with Gasteiger partial charge in [-0.3, -0.25) is 0 Å². The van der Waals surface area contributed by atoms with Gasteiger partial charge in [0.05, 0.1) is 5.56 Å². The van der Waals surface area contributed by atoms with E-state index in [4.69, 9.17) is 10.5 Å². The molecule has 0 aliphatic heterocycles. The van der Waals surface area contributed by atoms with Gasteiger partial charge in [-0.1, -0.05) is 18.2 Å². The summed E-state index contributed by atoms with van der Waals surface area (Å²) >= 11 is 0. The molecule has 92 valence electrons. The summed E-state index contributed by atoms with van der Waals surface area (Å²) in [5.41, 5.74) is 7.24. The zero-order valence-electron chi connectivity index (χ0n) is 9.67. The number of rotatable bonds is 3. The molecule has 0 aromatic heterocycles. The normalized spacial score (nSPS) is 10.0. The van der Waals surface area contributed by atoms with Crippen molar-refractivity contribution in [2.24, 2.45) is 0 Å². The Labute approximate surface area is 105 Å². The number of anilines is 1. The van der Waals surface area contributed by atoms with E-state index in [0.29, 0.717) is 11.3 Å². The van der Waals surface area contributed by atoms with Crippen molar-refractivity contribution in [3.8, 4) is 5.75 Å². The molecule has 0 heterocycles. The maximum absolute atomic E-state index is 11.7. The van der Waals surface area contributed by atoms with Crippen molar-refractivity contribution in [2.45, 2.75) is 6.61 Å². The lowest BCUT2D eigenvalue weighted by atomic mass is 10.2. The van der Waals surface area contributed by atoms with Gasteiger partial charge in [-0.25, -0.2) is 4.79 Å². The molecular weight excluding hydrogens is 230 g/mol. The lowest BCUT2D eigenvalue weighted by Gasteiger charge is -2.05. The molecule has 4 nitrogen and oxygen atoms in total. The molecule has 2 rings (SSSR count). The molecule has 0 saturated carbocycles. The van der Waals surface area contributed by atoms with E-state index in [-0.39, 0.29) is 12.4 Å². The Kier molecular flexibility index (Phi) is 3.48. The average Bonchev–Trinajstić information content (AvgIpc) is 2.36. The van der Waals surface area contributed by atoms with E-state index in [1.807, 2.05) is 0 Å². The third-order valence-electron chi connectivity index (χ3n) is 2.40. The first-order valence-electron chi connectivity index (χ1n) is 5.46. The number of phenolic OH excluding ortho intramolecular Hbond substituents is 1. The van der Waals surface area contributed by atoms with E-state index in [1.165, 1.54) is 0 Å². The van der Waals surface area contributed by atoms with Crippen molar-refractivity contribution in [1.82, 2.24) is 0 Å². The molecule has 0 radical (unpaired) electrons. The predicted molar refractivity (Wildman–Crippen MR) is 68.1 cm³/mol. The third-order valence-corrected chi connectivity index (χ3v) is 2.40. The van der Waals surface area contributed by atoms with Crippen LogP contribution in [-0.4, -0.2) is 11.1 Å². The second-order valence-corrected chi connectivity index (χ2v) is 3.87. The lowest BCUT2D eigenvalue weighted by Crippen LogP contribution is -2.05. The summed E-state index contributed by atoms with van der Waals surface area (Å²) in [7, 11) is 0. The van der Waals surface area contributed by atoms with Gasteiger partial charge >= 0.3 is 5.97 Å². The highest BCUT2D eigenvalue weighted by Gasteiger charge is 2.07. The van der Waals surface area contributed by atoms with Gasteiger partial charge in [0.25, 0.3) is 0 Å². The Bertz CT molecular complexity index is 566. The molecule has 0 atom stereocenters. The Morgan fingerprint density at radius 2 is 1.94 bits per heavy atom. The number of esters is 1. The van der Waals surface area contributed by atoms with Crippen molar-refractivity contribution in [3.63, 3.8) is 0 Å². The maximum atomic E-state index is 11.7. The molecule has 2 aromatic rings. The zero-order chi connectivity index (χ0) is 13.0. The van der Waals surface area contributed by atoms with Crippen molar-refractivity contribution in [3.05, 3.63) is 59.7 Å². The zero-order valence-corrected chi connectivity index (χ0v) is 9.67. The number of carbonyl (C=O) groups is 1. The summed E-state index contributed by atoms with van der Waals surface area (Å²) in [5, 5.41) is 9.27. The Morgan fingerprint density at radius 1 is 1.17 bits per heavy atom. The van der Waals surface area contributed by atoms with Crippen LogP contribution in [0, 0.1) is 0 Å². The van der Waals surface area contributed by atoms with E-state index in [9.17, 15) is 9.90 Å². The molecule has 0 unspecified atom stereocenters. The highest BCUT2D eigenvalue weighted by molar-refractivity contribution is 5.90. The summed E-state index contributed by atoms with van der Waals surface area (Å²) in [6, 6.07) is 13.2. The number of benzene rings is 2. The van der Waals surface area contributed by atoms with Gasteiger partial charge in [0.2, 0.25) is 0 Å². The van der Waals surface area contributed by atoms with Crippen LogP contribution in [0.5, 0.6) is 5.75 Å². The van der Waals surface area contributed by atoms with Crippen molar-refractivity contribution in [2.75, 3.05) is 5.73 Å².